The van der Waals surface area contributed by atoms with Gasteiger partial charge in [-0.25, -0.2) is 0 Å². The van der Waals surface area contributed by atoms with E-state index >= 15 is 0 Å². The highest BCUT2D eigenvalue weighted by molar-refractivity contribution is 5.76. The highest BCUT2D eigenvalue weighted by Gasteiger charge is 2.37. The molecule has 2 aliphatic rings. The standard InChI is InChI=1S/C14H14F3N/c1-13-6-2-3-10(13)7-9-4-5-11(14(15,16)17)8-12(9)18-13/h4-5,7-8,18H,2-3,6H2,1H3. The molecule has 1 fully saturated rings. The number of alkyl halides is 3. The van der Waals surface area contributed by atoms with Gasteiger partial charge in [0.2, 0.25) is 0 Å². The van der Waals surface area contributed by atoms with Crippen molar-refractivity contribution in [1.82, 2.24) is 0 Å². The number of hydrogen-bond acceptors (Lipinski definition) is 1. The summed E-state index contributed by atoms with van der Waals surface area (Å²) in [6.07, 6.45) is 0.865. The summed E-state index contributed by atoms with van der Waals surface area (Å²) in [6.45, 7) is 2.06. The van der Waals surface area contributed by atoms with E-state index in [9.17, 15) is 13.2 Å². The first-order chi connectivity index (χ1) is 8.38. The molecule has 4 heteroatoms. The number of nitrogens with one attached hydrogen (secondary N) is 1. The molecule has 0 bridgehead atoms. The van der Waals surface area contributed by atoms with Crippen molar-refractivity contribution in [2.75, 3.05) is 5.32 Å². The van der Waals surface area contributed by atoms with Crippen LogP contribution in [-0.2, 0) is 6.18 Å². The van der Waals surface area contributed by atoms with Crippen LogP contribution in [0.25, 0.3) is 6.08 Å². The maximum absolute atomic E-state index is 12.7. The summed E-state index contributed by atoms with van der Waals surface area (Å²) in [5, 5.41) is 3.28. The molecule has 0 amide bonds. The van der Waals surface area contributed by atoms with Crippen molar-refractivity contribution in [3.8, 4) is 0 Å². The van der Waals surface area contributed by atoms with E-state index < -0.39 is 11.7 Å². The van der Waals surface area contributed by atoms with Crippen LogP contribution in [0, 0.1) is 0 Å². The van der Waals surface area contributed by atoms with Gasteiger partial charge in [0.05, 0.1) is 11.1 Å². The SMILES string of the molecule is CC12CCCC1=Cc1ccc(C(F)(F)F)cc1N2. The minimum Gasteiger partial charge on any atom is -0.376 e. The Morgan fingerprint density at radius 3 is 2.78 bits per heavy atom. The van der Waals surface area contributed by atoms with Gasteiger partial charge in [0.15, 0.2) is 0 Å². The third-order valence-electron chi connectivity index (χ3n) is 3.95. The maximum Gasteiger partial charge on any atom is 0.416 e. The van der Waals surface area contributed by atoms with Crippen LogP contribution in [0.3, 0.4) is 0 Å². The lowest BCUT2D eigenvalue weighted by atomic mass is 9.88. The Hall–Kier alpha value is -1.45. The highest BCUT2D eigenvalue weighted by Crippen LogP contribution is 2.44. The van der Waals surface area contributed by atoms with Gasteiger partial charge in [-0.1, -0.05) is 12.1 Å². The smallest absolute Gasteiger partial charge is 0.376 e. The normalized spacial score (nSPS) is 26.1. The molecular weight excluding hydrogens is 239 g/mol. The zero-order chi connectivity index (χ0) is 13.0. The number of hydrogen-bond donors (Lipinski definition) is 1. The van der Waals surface area contributed by atoms with Crippen molar-refractivity contribution in [2.45, 2.75) is 37.9 Å². The van der Waals surface area contributed by atoms with E-state index in [2.05, 4.69) is 12.2 Å². The summed E-state index contributed by atoms with van der Waals surface area (Å²) in [4.78, 5) is 0. The van der Waals surface area contributed by atoms with Crippen LogP contribution < -0.4 is 5.32 Å². The molecule has 1 unspecified atom stereocenters. The molecule has 0 aromatic heterocycles. The topological polar surface area (TPSA) is 12.0 Å². The molecule has 1 atom stereocenters. The Balaban J connectivity index is 2.06. The highest BCUT2D eigenvalue weighted by atomic mass is 19.4. The van der Waals surface area contributed by atoms with E-state index in [-0.39, 0.29) is 5.54 Å². The summed E-state index contributed by atoms with van der Waals surface area (Å²) >= 11 is 0. The molecular formula is C14H14F3N. The Morgan fingerprint density at radius 2 is 2.06 bits per heavy atom. The van der Waals surface area contributed by atoms with Gasteiger partial charge in [-0.2, -0.15) is 13.2 Å². The molecule has 1 saturated carbocycles. The van der Waals surface area contributed by atoms with Gasteiger partial charge in [0.1, 0.15) is 0 Å². The molecule has 0 saturated heterocycles. The maximum atomic E-state index is 12.7. The van der Waals surface area contributed by atoms with E-state index in [0.717, 1.165) is 30.9 Å². The van der Waals surface area contributed by atoms with Gasteiger partial charge in [-0.15, -0.1) is 0 Å². The molecule has 18 heavy (non-hydrogen) atoms. The molecule has 0 radical (unpaired) electrons. The molecule has 0 spiro atoms. The van der Waals surface area contributed by atoms with Crippen LogP contribution in [0.2, 0.25) is 0 Å². The molecule has 1 aliphatic heterocycles. The minimum atomic E-state index is -4.28. The first-order valence-electron chi connectivity index (χ1n) is 6.09. The van der Waals surface area contributed by atoms with E-state index in [0.29, 0.717) is 5.69 Å². The van der Waals surface area contributed by atoms with E-state index in [4.69, 9.17) is 0 Å². The lowest BCUT2D eigenvalue weighted by Crippen LogP contribution is -2.35. The largest absolute Gasteiger partial charge is 0.416 e. The number of benzene rings is 1. The Kier molecular flexibility index (Phi) is 2.28. The second-order valence-electron chi connectivity index (χ2n) is 5.28. The van der Waals surface area contributed by atoms with Gasteiger partial charge in [-0.05, 0) is 49.5 Å². The number of halogens is 3. The second-order valence-corrected chi connectivity index (χ2v) is 5.28. The van der Waals surface area contributed by atoms with E-state index in [1.54, 1.807) is 6.07 Å². The predicted octanol–water partition coefficient (Wildman–Crippen LogP) is 4.46. The third kappa shape index (κ3) is 1.71. The van der Waals surface area contributed by atoms with Crippen molar-refractivity contribution >= 4 is 11.8 Å². The summed E-state index contributed by atoms with van der Waals surface area (Å²) < 4.78 is 38.0. The molecule has 1 aromatic rings. The molecule has 96 valence electrons. The quantitative estimate of drug-likeness (QED) is 0.720. The lowest BCUT2D eigenvalue weighted by Gasteiger charge is -2.34. The van der Waals surface area contributed by atoms with Gasteiger partial charge >= 0.3 is 6.18 Å². The fourth-order valence-corrected chi connectivity index (χ4v) is 2.89. The van der Waals surface area contributed by atoms with Crippen molar-refractivity contribution in [3.05, 3.63) is 34.9 Å². The van der Waals surface area contributed by atoms with Gasteiger partial charge < -0.3 is 5.32 Å². The Labute approximate surface area is 104 Å². The molecule has 1 heterocycles. The average Bonchev–Trinajstić information content (AvgIpc) is 2.64. The molecule has 1 N–H and O–H groups in total. The first-order valence-corrected chi connectivity index (χ1v) is 6.09. The number of fused-ring (bicyclic) bond motifs is 2. The monoisotopic (exact) mass is 253 g/mol. The van der Waals surface area contributed by atoms with Gasteiger partial charge in [0.25, 0.3) is 0 Å². The third-order valence-corrected chi connectivity index (χ3v) is 3.95. The zero-order valence-corrected chi connectivity index (χ0v) is 10.1. The van der Waals surface area contributed by atoms with Crippen LogP contribution in [0.15, 0.2) is 23.8 Å². The summed E-state index contributed by atoms with van der Waals surface area (Å²) in [5.74, 6) is 0. The Morgan fingerprint density at radius 1 is 1.28 bits per heavy atom. The van der Waals surface area contributed by atoms with Crippen LogP contribution in [0.4, 0.5) is 18.9 Å². The predicted molar refractivity (Wildman–Crippen MR) is 65.3 cm³/mol. The van der Waals surface area contributed by atoms with Crippen molar-refractivity contribution < 1.29 is 13.2 Å². The molecule has 1 aromatic carbocycles. The van der Waals surface area contributed by atoms with Crippen molar-refractivity contribution in [1.29, 1.82) is 0 Å². The fourth-order valence-electron chi connectivity index (χ4n) is 2.89. The fraction of sp³-hybridized carbons (Fsp3) is 0.429. The molecule has 3 rings (SSSR count). The zero-order valence-electron chi connectivity index (χ0n) is 10.1. The summed E-state index contributed by atoms with van der Waals surface area (Å²) in [5.41, 5.74) is 2.01. The number of anilines is 1. The molecule has 1 aliphatic carbocycles. The van der Waals surface area contributed by atoms with E-state index in [1.807, 2.05) is 6.08 Å². The minimum absolute atomic E-state index is 0.156. The van der Waals surface area contributed by atoms with Crippen LogP contribution in [0.5, 0.6) is 0 Å². The van der Waals surface area contributed by atoms with Crippen LogP contribution in [0.1, 0.15) is 37.3 Å². The van der Waals surface area contributed by atoms with E-state index in [1.165, 1.54) is 11.6 Å². The summed E-state index contributed by atoms with van der Waals surface area (Å²) in [7, 11) is 0. The summed E-state index contributed by atoms with van der Waals surface area (Å²) in [6, 6.07) is 3.91. The van der Waals surface area contributed by atoms with Gasteiger partial charge in [-0.3, -0.25) is 0 Å². The lowest BCUT2D eigenvalue weighted by molar-refractivity contribution is -0.137. The van der Waals surface area contributed by atoms with Crippen molar-refractivity contribution in [2.24, 2.45) is 0 Å². The first kappa shape index (κ1) is 11.6. The number of rotatable bonds is 0. The van der Waals surface area contributed by atoms with Crippen LogP contribution in [-0.4, -0.2) is 5.54 Å². The Bertz CT molecular complexity index is 530. The average molecular weight is 253 g/mol. The second kappa shape index (κ2) is 3.53. The van der Waals surface area contributed by atoms with Crippen LogP contribution >= 0.6 is 0 Å². The van der Waals surface area contributed by atoms with Crippen molar-refractivity contribution in [3.63, 3.8) is 0 Å². The molecule has 1 nitrogen and oxygen atoms in total. The van der Waals surface area contributed by atoms with Gasteiger partial charge in [0, 0.05) is 5.69 Å².